The third-order valence-electron chi connectivity index (χ3n) is 3.80. The van der Waals surface area contributed by atoms with E-state index in [-0.39, 0.29) is 30.2 Å². The number of nitrogens with one attached hydrogen (secondary N) is 1. The van der Waals surface area contributed by atoms with Crippen LogP contribution in [0, 0.1) is 11.8 Å². The summed E-state index contributed by atoms with van der Waals surface area (Å²) < 4.78 is 37.6. The van der Waals surface area contributed by atoms with E-state index in [1.54, 1.807) is 6.92 Å². The average molecular weight is 264 g/mol. The van der Waals surface area contributed by atoms with Gasteiger partial charge < -0.3 is 10.2 Å². The van der Waals surface area contributed by atoms with Gasteiger partial charge in [-0.2, -0.15) is 13.2 Å². The minimum atomic E-state index is -4.31. The van der Waals surface area contributed by atoms with Gasteiger partial charge in [0.25, 0.3) is 0 Å². The Bertz CT molecular complexity index is 311. The van der Waals surface area contributed by atoms with Gasteiger partial charge in [0.1, 0.15) is 6.54 Å². The molecule has 0 aromatic heterocycles. The summed E-state index contributed by atoms with van der Waals surface area (Å²) in [6.07, 6.45) is -2.20. The molecule has 0 aromatic carbocycles. The molecule has 6 heteroatoms. The largest absolute Gasteiger partial charge is 0.406 e. The fourth-order valence-electron chi connectivity index (χ4n) is 2.34. The second kappa shape index (κ2) is 5.07. The van der Waals surface area contributed by atoms with E-state index < -0.39 is 12.7 Å². The van der Waals surface area contributed by atoms with E-state index in [9.17, 15) is 18.0 Å². The first-order valence-corrected chi connectivity index (χ1v) is 6.44. The first-order chi connectivity index (χ1) is 8.37. The van der Waals surface area contributed by atoms with Crippen molar-refractivity contribution in [3.63, 3.8) is 0 Å². The molecule has 2 rings (SSSR count). The highest BCUT2D eigenvalue weighted by molar-refractivity contribution is 5.77. The lowest BCUT2D eigenvalue weighted by atomic mass is 9.98. The molecule has 1 saturated heterocycles. The Balaban J connectivity index is 1.95. The predicted molar refractivity (Wildman–Crippen MR) is 60.9 cm³/mol. The highest BCUT2D eigenvalue weighted by Gasteiger charge is 2.40. The van der Waals surface area contributed by atoms with Crippen LogP contribution in [-0.2, 0) is 4.79 Å². The van der Waals surface area contributed by atoms with E-state index in [1.165, 1.54) is 0 Å². The Hall–Kier alpha value is -0.780. The molecule has 1 unspecified atom stereocenters. The maximum absolute atomic E-state index is 12.5. The lowest BCUT2D eigenvalue weighted by Gasteiger charge is -2.33. The fourth-order valence-corrected chi connectivity index (χ4v) is 2.34. The summed E-state index contributed by atoms with van der Waals surface area (Å²) in [6, 6.07) is -0.285. The van der Waals surface area contributed by atoms with Gasteiger partial charge in [0.15, 0.2) is 0 Å². The average Bonchev–Trinajstić information content (AvgIpc) is 3.00. The van der Waals surface area contributed by atoms with Crippen LogP contribution in [0.15, 0.2) is 0 Å². The van der Waals surface area contributed by atoms with Crippen molar-refractivity contribution in [1.29, 1.82) is 0 Å². The van der Waals surface area contributed by atoms with Crippen molar-refractivity contribution in [3.8, 4) is 0 Å². The standard InChI is InChI=1S/C12H19F3N2O/c1-8(10-2-3-10)17(7-12(13,14)15)11(18)4-9-5-16-6-9/h8-10,16H,2-7H2,1H3. The summed E-state index contributed by atoms with van der Waals surface area (Å²) >= 11 is 0. The Kier molecular flexibility index (Phi) is 3.84. The number of rotatable bonds is 5. The zero-order valence-electron chi connectivity index (χ0n) is 10.5. The topological polar surface area (TPSA) is 32.3 Å². The van der Waals surface area contributed by atoms with Gasteiger partial charge >= 0.3 is 6.18 Å². The molecule has 0 radical (unpaired) electrons. The number of alkyl halides is 3. The maximum Gasteiger partial charge on any atom is 0.406 e. The van der Waals surface area contributed by atoms with Crippen LogP contribution in [0.5, 0.6) is 0 Å². The summed E-state index contributed by atoms with van der Waals surface area (Å²) in [4.78, 5) is 13.0. The number of hydrogen-bond acceptors (Lipinski definition) is 2. The molecule has 2 fully saturated rings. The smallest absolute Gasteiger partial charge is 0.331 e. The van der Waals surface area contributed by atoms with Crippen LogP contribution in [0.1, 0.15) is 26.2 Å². The van der Waals surface area contributed by atoms with Gasteiger partial charge in [0.05, 0.1) is 0 Å². The summed E-state index contributed by atoms with van der Waals surface area (Å²) in [5.41, 5.74) is 0. The fraction of sp³-hybridized carbons (Fsp3) is 0.917. The van der Waals surface area contributed by atoms with Gasteiger partial charge in [-0.1, -0.05) is 0 Å². The number of nitrogens with zero attached hydrogens (tertiary/aromatic N) is 1. The van der Waals surface area contributed by atoms with Crippen LogP contribution >= 0.6 is 0 Å². The van der Waals surface area contributed by atoms with E-state index >= 15 is 0 Å². The molecular weight excluding hydrogens is 245 g/mol. The number of hydrogen-bond donors (Lipinski definition) is 1. The molecule has 1 aliphatic heterocycles. The summed E-state index contributed by atoms with van der Waals surface area (Å²) in [7, 11) is 0. The zero-order chi connectivity index (χ0) is 13.3. The molecule has 104 valence electrons. The summed E-state index contributed by atoms with van der Waals surface area (Å²) in [6.45, 7) is 2.11. The van der Waals surface area contributed by atoms with Crippen molar-refractivity contribution >= 4 is 5.91 Å². The van der Waals surface area contributed by atoms with Gasteiger partial charge in [0, 0.05) is 12.5 Å². The Labute approximate surface area is 105 Å². The second-order valence-electron chi connectivity index (χ2n) is 5.44. The molecule has 0 bridgehead atoms. The SMILES string of the molecule is CC(C1CC1)N(CC(F)(F)F)C(=O)CC1CNC1. The molecule has 1 saturated carbocycles. The van der Waals surface area contributed by atoms with Crippen LogP contribution in [-0.4, -0.2) is 42.7 Å². The van der Waals surface area contributed by atoms with E-state index in [0.717, 1.165) is 30.8 Å². The third kappa shape index (κ3) is 3.60. The highest BCUT2D eigenvalue weighted by atomic mass is 19.4. The van der Waals surface area contributed by atoms with Gasteiger partial charge in [-0.15, -0.1) is 0 Å². The lowest BCUT2D eigenvalue weighted by molar-refractivity contribution is -0.166. The summed E-state index contributed by atoms with van der Waals surface area (Å²) in [5, 5.41) is 3.03. The number of carbonyl (C=O) groups is 1. The van der Waals surface area contributed by atoms with Crippen molar-refractivity contribution in [3.05, 3.63) is 0 Å². The molecule has 0 spiro atoms. The molecule has 2 aliphatic rings. The van der Waals surface area contributed by atoms with Crippen molar-refractivity contribution in [2.75, 3.05) is 19.6 Å². The van der Waals surface area contributed by atoms with Crippen molar-refractivity contribution < 1.29 is 18.0 Å². The monoisotopic (exact) mass is 264 g/mol. The van der Waals surface area contributed by atoms with E-state index in [4.69, 9.17) is 0 Å². The minimum absolute atomic E-state index is 0.208. The van der Waals surface area contributed by atoms with Gasteiger partial charge in [-0.05, 0) is 44.7 Å². The molecule has 1 atom stereocenters. The quantitative estimate of drug-likeness (QED) is 0.821. The van der Waals surface area contributed by atoms with Crippen molar-refractivity contribution in [1.82, 2.24) is 10.2 Å². The Morgan fingerprint density at radius 2 is 2.00 bits per heavy atom. The van der Waals surface area contributed by atoms with Crippen molar-refractivity contribution in [2.24, 2.45) is 11.8 Å². The zero-order valence-corrected chi connectivity index (χ0v) is 10.5. The van der Waals surface area contributed by atoms with Crippen LogP contribution in [0.2, 0.25) is 0 Å². The molecule has 1 heterocycles. The van der Waals surface area contributed by atoms with Gasteiger partial charge in [-0.25, -0.2) is 0 Å². The van der Waals surface area contributed by atoms with Gasteiger partial charge in [0.2, 0.25) is 5.91 Å². The van der Waals surface area contributed by atoms with Crippen molar-refractivity contribution in [2.45, 2.75) is 38.4 Å². The maximum atomic E-state index is 12.5. The van der Waals surface area contributed by atoms with Gasteiger partial charge in [-0.3, -0.25) is 4.79 Å². The Morgan fingerprint density at radius 3 is 2.39 bits per heavy atom. The van der Waals surface area contributed by atoms with Crippen LogP contribution in [0.25, 0.3) is 0 Å². The van der Waals surface area contributed by atoms with Crippen LogP contribution in [0.4, 0.5) is 13.2 Å². The highest BCUT2D eigenvalue weighted by Crippen LogP contribution is 2.36. The number of amides is 1. The molecular formula is C12H19F3N2O. The molecule has 1 aliphatic carbocycles. The lowest BCUT2D eigenvalue weighted by Crippen LogP contribution is -2.49. The van der Waals surface area contributed by atoms with Crippen LogP contribution in [0.3, 0.4) is 0 Å². The summed E-state index contributed by atoms with van der Waals surface area (Å²) in [5.74, 6) is 0.119. The van der Waals surface area contributed by atoms with E-state index in [0.29, 0.717) is 0 Å². The molecule has 1 N–H and O–H groups in total. The Morgan fingerprint density at radius 1 is 1.39 bits per heavy atom. The number of halogens is 3. The van der Waals surface area contributed by atoms with E-state index in [1.807, 2.05) is 0 Å². The molecule has 0 aromatic rings. The normalized spacial score (nSPS) is 22.4. The third-order valence-corrected chi connectivity index (χ3v) is 3.80. The van der Waals surface area contributed by atoms with E-state index in [2.05, 4.69) is 5.32 Å². The first kappa shape index (κ1) is 13.6. The number of carbonyl (C=O) groups excluding carboxylic acids is 1. The second-order valence-corrected chi connectivity index (χ2v) is 5.44. The molecule has 18 heavy (non-hydrogen) atoms. The predicted octanol–water partition coefficient (Wildman–Crippen LogP) is 1.79. The van der Waals surface area contributed by atoms with Crippen LogP contribution < -0.4 is 5.32 Å². The first-order valence-electron chi connectivity index (χ1n) is 6.44. The minimum Gasteiger partial charge on any atom is -0.331 e. The molecule has 1 amide bonds. The molecule has 3 nitrogen and oxygen atoms in total.